The number of hydrogen-bond donors (Lipinski definition) is 1. The van der Waals surface area contributed by atoms with Crippen LogP contribution in [0.1, 0.15) is 0 Å². The number of primary amides is 1. The van der Waals surface area contributed by atoms with Gasteiger partial charge in [-0.15, -0.1) is 11.3 Å². The molecule has 0 aliphatic heterocycles. The molecule has 0 aliphatic rings. The van der Waals surface area contributed by atoms with Gasteiger partial charge in [-0.2, -0.15) is 0 Å². The summed E-state index contributed by atoms with van der Waals surface area (Å²) in [6.45, 7) is 0. The smallest absolute Gasteiger partial charge is 0.325 e. The van der Waals surface area contributed by atoms with Gasteiger partial charge in [-0.25, -0.2) is 19.1 Å². The molecule has 7 heteroatoms. The second-order valence-corrected chi connectivity index (χ2v) is 5.39. The summed E-state index contributed by atoms with van der Waals surface area (Å²) >= 11 is 1.28. The van der Waals surface area contributed by atoms with Crippen LogP contribution in [-0.2, 0) is 0 Å². The van der Waals surface area contributed by atoms with Gasteiger partial charge in [-0.05, 0) is 36.4 Å². The molecule has 1 heterocycles. The molecule has 0 spiro atoms. The lowest BCUT2D eigenvalue weighted by atomic mass is 10.2. The number of benzene rings is 2. The van der Waals surface area contributed by atoms with Crippen molar-refractivity contribution in [1.29, 1.82) is 0 Å². The summed E-state index contributed by atoms with van der Waals surface area (Å²) in [6.07, 6.45) is 1.58. The van der Waals surface area contributed by atoms with Crippen molar-refractivity contribution in [2.45, 2.75) is 0 Å². The quantitative estimate of drug-likeness (QED) is 0.776. The van der Waals surface area contributed by atoms with Crippen LogP contribution in [0.25, 0.3) is 0 Å². The van der Waals surface area contributed by atoms with Crippen LogP contribution in [0.4, 0.5) is 20.0 Å². The van der Waals surface area contributed by atoms with E-state index in [4.69, 9.17) is 10.5 Å². The normalized spacial score (nSPS) is 10.3. The van der Waals surface area contributed by atoms with Crippen molar-refractivity contribution in [2.24, 2.45) is 5.73 Å². The SMILES string of the molecule is NC(=O)N(c1nccs1)c1ccccc1Oc1ccc(F)cc1. The molecule has 0 aliphatic carbocycles. The summed E-state index contributed by atoms with van der Waals surface area (Å²) < 4.78 is 18.7. The van der Waals surface area contributed by atoms with Gasteiger partial charge in [-0.1, -0.05) is 12.1 Å². The van der Waals surface area contributed by atoms with Crippen LogP contribution in [0.2, 0.25) is 0 Å². The fourth-order valence-electron chi connectivity index (χ4n) is 2.00. The Hall–Kier alpha value is -2.93. The third-order valence-corrected chi connectivity index (χ3v) is 3.74. The van der Waals surface area contributed by atoms with E-state index in [0.717, 1.165) is 0 Å². The number of nitrogens with zero attached hydrogens (tertiary/aromatic N) is 2. The van der Waals surface area contributed by atoms with Gasteiger partial charge < -0.3 is 10.5 Å². The van der Waals surface area contributed by atoms with Crippen molar-refractivity contribution in [1.82, 2.24) is 4.98 Å². The molecule has 0 saturated carbocycles. The van der Waals surface area contributed by atoms with E-state index in [-0.39, 0.29) is 5.82 Å². The van der Waals surface area contributed by atoms with Crippen LogP contribution >= 0.6 is 11.3 Å². The van der Waals surface area contributed by atoms with E-state index in [2.05, 4.69) is 4.98 Å². The molecule has 5 nitrogen and oxygen atoms in total. The number of rotatable bonds is 4. The number of thiazole rings is 1. The van der Waals surface area contributed by atoms with Gasteiger partial charge in [0.25, 0.3) is 0 Å². The van der Waals surface area contributed by atoms with Crippen molar-refractivity contribution in [3.05, 3.63) is 65.9 Å². The van der Waals surface area contributed by atoms with Gasteiger partial charge in [0, 0.05) is 11.6 Å². The first kappa shape index (κ1) is 15.0. The number of amides is 2. The number of halogens is 1. The average Bonchev–Trinajstić information content (AvgIpc) is 3.05. The number of urea groups is 1. The highest BCUT2D eigenvalue weighted by molar-refractivity contribution is 7.13. The van der Waals surface area contributed by atoms with Crippen LogP contribution in [0.15, 0.2) is 60.1 Å². The molecule has 3 rings (SSSR count). The zero-order valence-corrected chi connectivity index (χ0v) is 12.7. The predicted octanol–water partition coefficient (Wildman–Crippen LogP) is 4.29. The Balaban J connectivity index is 1.99. The maximum absolute atomic E-state index is 13.0. The molecule has 0 atom stereocenters. The monoisotopic (exact) mass is 329 g/mol. The number of para-hydroxylation sites is 2. The van der Waals surface area contributed by atoms with Crippen LogP contribution in [0.5, 0.6) is 11.5 Å². The third kappa shape index (κ3) is 3.29. The van der Waals surface area contributed by atoms with E-state index in [1.165, 1.54) is 40.5 Å². The maximum atomic E-state index is 13.0. The summed E-state index contributed by atoms with van der Waals surface area (Å²) in [5.74, 6) is 0.503. The molecular weight excluding hydrogens is 317 g/mol. The van der Waals surface area contributed by atoms with E-state index >= 15 is 0 Å². The van der Waals surface area contributed by atoms with E-state index in [1.54, 1.807) is 35.8 Å². The highest BCUT2D eigenvalue weighted by atomic mass is 32.1. The summed E-state index contributed by atoms with van der Waals surface area (Å²) in [5.41, 5.74) is 5.95. The second-order valence-electron chi connectivity index (χ2n) is 4.51. The zero-order valence-electron chi connectivity index (χ0n) is 11.8. The molecule has 0 unspecified atom stereocenters. The molecule has 3 aromatic rings. The summed E-state index contributed by atoms with van der Waals surface area (Å²) in [7, 11) is 0. The summed E-state index contributed by atoms with van der Waals surface area (Å²) in [6, 6.07) is 11.9. The molecule has 0 bridgehead atoms. The molecular formula is C16H12FN3O2S. The minimum atomic E-state index is -0.671. The van der Waals surface area contributed by atoms with Crippen molar-refractivity contribution in [2.75, 3.05) is 4.90 Å². The van der Waals surface area contributed by atoms with Gasteiger partial charge >= 0.3 is 6.03 Å². The Bertz CT molecular complexity index is 806. The lowest BCUT2D eigenvalue weighted by Crippen LogP contribution is -2.31. The summed E-state index contributed by atoms with van der Waals surface area (Å²) in [4.78, 5) is 17.2. The van der Waals surface area contributed by atoms with E-state index in [1.807, 2.05) is 0 Å². The maximum Gasteiger partial charge on any atom is 0.325 e. The van der Waals surface area contributed by atoms with Crippen LogP contribution in [0.3, 0.4) is 0 Å². The molecule has 116 valence electrons. The Kier molecular flexibility index (Phi) is 4.20. The number of carbonyl (C=O) groups excluding carboxylic acids is 1. The van der Waals surface area contributed by atoms with E-state index in [0.29, 0.717) is 22.3 Å². The van der Waals surface area contributed by atoms with Crippen molar-refractivity contribution < 1.29 is 13.9 Å². The Morgan fingerprint density at radius 1 is 1.17 bits per heavy atom. The topological polar surface area (TPSA) is 68.5 Å². The van der Waals surface area contributed by atoms with Crippen molar-refractivity contribution >= 4 is 28.2 Å². The minimum Gasteiger partial charge on any atom is -0.455 e. The Morgan fingerprint density at radius 3 is 2.57 bits per heavy atom. The number of aromatic nitrogens is 1. The fraction of sp³-hybridized carbons (Fsp3) is 0. The molecule has 1 aromatic heterocycles. The molecule has 0 fully saturated rings. The van der Waals surface area contributed by atoms with Crippen LogP contribution < -0.4 is 15.4 Å². The fourth-order valence-corrected chi connectivity index (χ4v) is 2.66. The number of ether oxygens (including phenoxy) is 1. The lowest BCUT2D eigenvalue weighted by Gasteiger charge is -2.20. The summed E-state index contributed by atoms with van der Waals surface area (Å²) in [5, 5.41) is 2.18. The van der Waals surface area contributed by atoms with Crippen molar-refractivity contribution in [3.63, 3.8) is 0 Å². The molecule has 0 saturated heterocycles. The number of nitrogens with two attached hydrogens (primary N) is 1. The zero-order chi connectivity index (χ0) is 16.2. The first-order chi connectivity index (χ1) is 11.1. The largest absolute Gasteiger partial charge is 0.455 e. The van der Waals surface area contributed by atoms with Gasteiger partial charge in [0.1, 0.15) is 11.6 Å². The third-order valence-electron chi connectivity index (χ3n) is 2.98. The van der Waals surface area contributed by atoms with Gasteiger partial charge in [0.15, 0.2) is 10.9 Å². The molecule has 23 heavy (non-hydrogen) atoms. The highest BCUT2D eigenvalue weighted by Crippen LogP contribution is 2.36. The lowest BCUT2D eigenvalue weighted by molar-refractivity contribution is 0.256. The Morgan fingerprint density at radius 2 is 1.91 bits per heavy atom. The first-order valence-corrected chi connectivity index (χ1v) is 7.54. The predicted molar refractivity (Wildman–Crippen MR) is 86.8 cm³/mol. The van der Waals surface area contributed by atoms with Gasteiger partial charge in [-0.3, -0.25) is 0 Å². The average molecular weight is 329 g/mol. The Labute approximate surface area is 135 Å². The molecule has 0 radical (unpaired) electrons. The first-order valence-electron chi connectivity index (χ1n) is 6.66. The van der Waals surface area contributed by atoms with Gasteiger partial charge in [0.2, 0.25) is 0 Å². The number of carbonyl (C=O) groups is 1. The minimum absolute atomic E-state index is 0.354. The van der Waals surface area contributed by atoms with Crippen LogP contribution in [0, 0.1) is 5.82 Å². The van der Waals surface area contributed by atoms with Crippen molar-refractivity contribution in [3.8, 4) is 11.5 Å². The molecule has 2 amide bonds. The molecule has 2 aromatic carbocycles. The molecule has 2 N–H and O–H groups in total. The van der Waals surface area contributed by atoms with Crippen LogP contribution in [-0.4, -0.2) is 11.0 Å². The van der Waals surface area contributed by atoms with Gasteiger partial charge in [0.05, 0.1) is 5.69 Å². The van der Waals surface area contributed by atoms with E-state index in [9.17, 15) is 9.18 Å². The highest BCUT2D eigenvalue weighted by Gasteiger charge is 2.21. The second kappa shape index (κ2) is 6.45. The standard InChI is InChI=1S/C16H12FN3O2S/c17-11-5-7-12(8-6-11)22-14-4-2-1-3-13(14)20(15(18)21)16-19-9-10-23-16/h1-10H,(H2,18,21). The number of hydrogen-bond acceptors (Lipinski definition) is 4. The van der Waals surface area contributed by atoms with E-state index < -0.39 is 6.03 Å². The number of anilines is 2.